The van der Waals surface area contributed by atoms with E-state index >= 15 is 0 Å². The predicted octanol–water partition coefficient (Wildman–Crippen LogP) is 3.11. The van der Waals surface area contributed by atoms with Gasteiger partial charge in [-0.1, -0.05) is 42.5 Å². The molecule has 0 aliphatic carbocycles. The van der Waals surface area contributed by atoms with Crippen LogP contribution in [-0.4, -0.2) is 36.3 Å². The number of carbonyl (C=O) groups is 2. The van der Waals surface area contributed by atoms with E-state index in [1.165, 1.54) is 24.0 Å². The Bertz CT molecular complexity index is 770. The molecule has 148 valence electrons. The number of benzene rings is 2. The average Bonchev–Trinajstić information content (AvgIpc) is 3.24. The van der Waals surface area contributed by atoms with E-state index in [2.05, 4.69) is 33.7 Å². The van der Waals surface area contributed by atoms with Crippen LogP contribution >= 0.6 is 0 Å². The lowest BCUT2D eigenvalue weighted by molar-refractivity contribution is -0.121. The Morgan fingerprint density at radius 2 is 1.54 bits per heavy atom. The lowest BCUT2D eigenvalue weighted by atomic mass is 10.1. The van der Waals surface area contributed by atoms with Gasteiger partial charge in [-0.2, -0.15) is 0 Å². The molecule has 1 saturated heterocycles. The third-order valence-electron chi connectivity index (χ3n) is 5.09. The van der Waals surface area contributed by atoms with Crippen LogP contribution in [0.2, 0.25) is 0 Å². The zero-order valence-corrected chi connectivity index (χ0v) is 16.3. The summed E-state index contributed by atoms with van der Waals surface area (Å²) in [5.74, 6) is -0.0817. The number of likely N-dealkylation sites (tertiary alicyclic amines) is 1. The molecule has 1 fully saturated rings. The molecule has 5 nitrogen and oxygen atoms in total. The molecule has 2 N–H and O–H groups in total. The van der Waals surface area contributed by atoms with Gasteiger partial charge in [0.2, 0.25) is 5.91 Å². The maximum Gasteiger partial charge on any atom is 0.251 e. The van der Waals surface area contributed by atoms with Crippen molar-refractivity contribution in [2.45, 2.75) is 38.8 Å². The summed E-state index contributed by atoms with van der Waals surface area (Å²) in [6.45, 7) is 4.33. The molecule has 0 unspecified atom stereocenters. The number of amides is 2. The maximum absolute atomic E-state index is 12.2. The van der Waals surface area contributed by atoms with Gasteiger partial charge in [-0.3, -0.25) is 14.5 Å². The van der Waals surface area contributed by atoms with Crippen molar-refractivity contribution in [2.24, 2.45) is 0 Å². The monoisotopic (exact) mass is 379 g/mol. The molecule has 0 aromatic heterocycles. The first kappa shape index (κ1) is 20.1. The van der Waals surface area contributed by atoms with Gasteiger partial charge in [-0.15, -0.1) is 0 Å². The second-order valence-electron chi connectivity index (χ2n) is 7.25. The quantitative estimate of drug-likeness (QED) is 0.658. The molecule has 0 atom stereocenters. The van der Waals surface area contributed by atoms with Crippen molar-refractivity contribution >= 4 is 11.8 Å². The van der Waals surface area contributed by atoms with Crippen LogP contribution in [0.3, 0.4) is 0 Å². The highest BCUT2D eigenvalue weighted by Gasteiger charge is 2.13. The number of hydrogen-bond donors (Lipinski definition) is 2. The van der Waals surface area contributed by atoms with Gasteiger partial charge in [0.1, 0.15) is 0 Å². The summed E-state index contributed by atoms with van der Waals surface area (Å²) in [6.07, 6.45) is 3.59. The van der Waals surface area contributed by atoms with E-state index in [0.29, 0.717) is 31.5 Å². The van der Waals surface area contributed by atoms with Crippen molar-refractivity contribution in [1.82, 2.24) is 15.5 Å². The largest absolute Gasteiger partial charge is 0.352 e. The molecule has 2 aromatic carbocycles. The van der Waals surface area contributed by atoms with Gasteiger partial charge in [0.05, 0.1) is 0 Å². The van der Waals surface area contributed by atoms with Crippen LogP contribution in [0.4, 0.5) is 0 Å². The third-order valence-corrected chi connectivity index (χ3v) is 5.09. The minimum Gasteiger partial charge on any atom is -0.352 e. The molecule has 2 amide bonds. The molecule has 0 spiro atoms. The molecule has 3 rings (SSSR count). The second-order valence-corrected chi connectivity index (χ2v) is 7.25. The van der Waals surface area contributed by atoms with Gasteiger partial charge in [0.15, 0.2) is 0 Å². The lowest BCUT2D eigenvalue weighted by Crippen LogP contribution is -2.27. The lowest BCUT2D eigenvalue weighted by Gasteiger charge is -2.17. The molecule has 1 aliphatic heterocycles. The zero-order valence-electron chi connectivity index (χ0n) is 16.3. The minimum absolute atomic E-state index is 0.0185. The van der Waals surface area contributed by atoms with Gasteiger partial charge in [0, 0.05) is 31.6 Å². The number of nitrogens with zero attached hydrogens (tertiary/aromatic N) is 1. The topological polar surface area (TPSA) is 61.4 Å². The number of nitrogens with one attached hydrogen (secondary N) is 2. The highest BCUT2D eigenvalue weighted by Crippen LogP contribution is 2.16. The number of rotatable bonds is 9. The van der Waals surface area contributed by atoms with Gasteiger partial charge in [0.25, 0.3) is 5.91 Å². The van der Waals surface area contributed by atoms with E-state index in [9.17, 15) is 9.59 Å². The van der Waals surface area contributed by atoms with Crippen LogP contribution in [0.15, 0.2) is 54.6 Å². The van der Waals surface area contributed by atoms with Gasteiger partial charge < -0.3 is 10.6 Å². The SMILES string of the molecule is O=C(CCCNC(=O)c1ccccc1)NCc1ccccc1CN1CCCC1. The highest BCUT2D eigenvalue weighted by molar-refractivity contribution is 5.94. The molecule has 0 saturated carbocycles. The Morgan fingerprint density at radius 1 is 0.857 bits per heavy atom. The molecule has 0 radical (unpaired) electrons. The van der Waals surface area contributed by atoms with Crippen LogP contribution < -0.4 is 10.6 Å². The maximum atomic E-state index is 12.2. The summed E-state index contributed by atoms with van der Waals surface area (Å²) in [6, 6.07) is 17.4. The van der Waals surface area contributed by atoms with Crippen molar-refractivity contribution in [3.8, 4) is 0 Å². The van der Waals surface area contributed by atoms with Crippen LogP contribution in [0, 0.1) is 0 Å². The molecule has 28 heavy (non-hydrogen) atoms. The molecule has 1 heterocycles. The number of carbonyl (C=O) groups excluding carboxylic acids is 2. The predicted molar refractivity (Wildman–Crippen MR) is 111 cm³/mol. The first-order chi connectivity index (χ1) is 13.7. The molecule has 5 heteroatoms. The summed E-state index contributed by atoms with van der Waals surface area (Å²) in [4.78, 5) is 26.6. The number of hydrogen-bond acceptors (Lipinski definition) is 3. The molecular weight excluding hydrogens is 350 g/mol. The van der Waals surface area contributed by atoms with E-state index in [4.69, 9.17) is 0 Å². The van der Waals surface area contributed by atoms with Crippen LogP contribution in [0.5, 0.6) is 0 Å². The normalized spacial score (nSPS) is 14.0. The van der Waals surface area contributed by atoms with Gasteiger partial charge in [-0.25, -0.2) is 0 Å². The Labute approximate surface area is 167 Å². The average molecular weight is 380 g/mol. The van der Waals surface area contributed by atoms with Gasteiger partial charge in [-0.05, 0) is 55.6 Å². The molecule has 0 bridgehead atoms. The highest BCUT2D eigenvalue weighted by atomic mass is 16.2. The minimum atomic E-state index is -0.100. The second kappa shape index (κ2) is 10.6. The summed E-state index contributed by atoms with van der Waals surface area (Å²) in [7, 11) is 0. The van der Waals surface area contributed by atoms with Crippen LogP contribution in [-0.2, 0) is 17.9 Å². The fraction of sp³-hybridized carbons (Fsp3) is 0.391. The zero-order chi connectivity index (χ0) is 19.6. The smallest absolute Gasteiger partial charge is 0.251 e. The standard InChI is InChI=1S/C23H29N3O2/c27-22(13-8-14-24-23(28)19-9-2-1-3-10-19)25-17-20-11-4-5-12-21(20)18-26-15-6-7-16-26/h1-5,9-12H,6-8,13-18H2,(H,24,28)(H,25,27). The summed E-state index contributed by atoms with van der Waals surface area (Å²) >= 11 is 0. The fourth-order valence-electron chi connectivity index (χ4n) is 3.49. The van der Waals surface area contributed by atoms with Crippen molar-refractivity contribution in [3.63, 3.8) is 0 Å². The van der Waals surface area contributed by atoms with E-state index in [-0.39, 0.29) is 11.8 Å². The van der Waals surface area contributed by atoms with Crippen molar-refractivity contribution in [3.05, 3.63) is 71.3 Å². The van der Waals surface area contributed by atoms with Crippen LogP contribution in [0.1, 0.15) is 47.2 Å². The van der Waals surface area contributed by atoms with E-state index in [1.54, 1.807) is 12.1 Å². The van der Waals surface area contributed by atoms with E-state index in [0.717, 1.165) is 19.6 Å². The van der Waals surface area contributed by atoms with E-state index < -0.39 is 0 Å². The van der Waals surface area contributed by atoms with E-state index in [1.807, 2.05) is 24.3 Å². The first-order valence-electron chi connectivity index (χ1n) is 10.1. The van der Waals surface area contributed by atoms with Crippen molar-refractivity contribution in [2.75, 3.05) is 19.6 Å². The molecular formula is C23H29N3O2. The Kier molecular flexibility index (Phi) is 7.62. The Hall–Kier alpha value is -2.66. The summed E-state index contributed by atoms with van der Waals surface area (Å²) in [5.41, 5.74) is 3.11. The summed E-state index contributed by atoms with van der Waals surface area (Å²) in [5, 5.41) is 5.87. The van der Waals surface area contributed by atoms with Gasteiger partial charge >= 0.3 is 0 Å². The molecule has 2 aromatic rings. The van der Waals surface area contributed by atoms with Crippen molar-refractivity contribution < 1.29 is 9.59 Å². The van der Waals surface area contributed by atoms with Crippen molar-refractivity contribution in [1.29, 1.82) is 0 Å². The molecule has 1 aliphatic rings. The Balaban J connectivity index is 1.37. The third kappa shape index (κ3) is 6.20. The Morgan fingerprint density at radius 3 is 2.29 bits per heavy atom. The van der Waals surface area contributed by atoms with Crippen LogP contribution in [0.25, 0.3) is 0 Å². The fourth-order valence-corrected chi connectivity index (χ4v) is 3.49. The first-order valence-corrected chi connectivity index (χ1v) is 10.1. The summed E-state index contributed by atoms with van der Waals surface area (Å²) < 4.78 is 0.